The fraction of sp³-hybridized carbons (Fsp3) is 0.167. The smallest absolute Gasteiger partial charge is 0.312 e. The zero-order chi connectivity index (χ0) is 23.0. The predicted molar refractivity (Wildman–Crippen MR) is 125 cm³/mol. The molecule has 9 heteroatoms. The summed E-state index contributed by atoms with van der Waals surface area (Å²) in [6, 6.07) is 15.8. The molecule has 0 saturated carbocycles. The van der Waals surface area contributed by atoms with Crippen LogP contribution in [0, 0.1) is 5.82 Å². The molecule has 0 spiro atoms. The van der Waals surface area contributed by atoms with Crippen LogP contribution in [-0.4, -0.2) is 21.8 Å². The minimum Gasteiger partial charge on any atom is -0.459 e. The molecule has 0 aliphatic rings. The van der Waals surface area contributed by atoms with Crippen molar-refractivity contribution >= 4 is 34.6 Å². The topological polar surface area (TPSA) is 81.2 Å². The van der Waals surface area contributed by atoms with Gasteiger partial charge < -0.3 is 10.1 Å². The second-order valence-corrected chi connectivity index (χ2v) is 8.96. The van der Waals surface area contributed by atoms with Crippen LogP contribution < -0.4 is 5.32 Å². The normalized spacial score (nSPS) is 10.7. The van der Waals surface area contributed by atoms with Crippen LogP contribution in [0.5, 0.6) is 0 Å². The van der Waals surface area contributed by atoms with E-state index in [1.807, 2.05) is 30.3 Å². The van der Waals surface area contributed by atoms with Crippen molar-refractivity contribution in [2.45, 2.75) is 26.0 Å². The molecule has 4 aromatic rings. The van der Waals surface area contributed by atoms with Crippen LogP contribution in [0.3, 0.4) is 0 Å². The molecule has 168 valence electrons. The van der Waals surface area contributed by atoms with Crippen LogP contribution in [0.2, 0.25) is 0 Å². The van der Waals surface area contributed by atoms with E-state index in [4.69, 9.17) is 4.74 Å². The Morgan fingerprint density at radius 3 is 2.58 bits per heavy atom. The lowest BCUT2D eigenvalue weighted by Crippen LogP contribution is -2.24. The molecule has 0 saturated heterocycles. The summed E-state index contributed by atoms with van der Waals surface area (Å²) in [6.45, 7) is 0.495. The highest BCUT2D eigenvalue weighted by Crippen LogP contribution is 2.24. The van der Waals surface area contributed by atoms with Gasteiger partial charge in [0.25, 0.3) is 0 Å². The fourth-order valence-electron chi connectivity index (χ4n) is 2.99. The first kappa shape index (κ1) is 22.8. The van der Waals surface area contributed by atoms with Gasteiger partial charge in [0, 0.05) is 22.9 Å². The molecule has 0 aliphatic carbocycles. The number of carbonyl (C=O) groups excluding carboxylic acids is 2. The standard InChI is InChI=1S/C24H20FN3O3S2/c25-18-8-4-7-17(9-18)24-28-19(14-33-24)10-23(30)31-13-20-15-32-22(27-20)11-21(29)26-12-16-5-2-1-3-6-16/h1-9,14-15H,10-13H2,(H,26,29). The molecule has 0 aliphatic heterocycles. The van der Waals surface area contributed by atoms with E-state index in [2.05, 4.69) is 15.3 Å². The second kappa shape index (κ2) is 10.9. The zero-order valence-corrected chi connectivity index (χ0v) is 19.1. The van der Waals surface area contributed by atoms with Gasteiger partial charge in [-0.25, -0.2) is 14.4 Å². The largest absolute Gasteiger partial charge is 0.459 e. The monoisotopic (exact) mass is 481 g/mol. The van der Waals surface area contributed by atoms with E-state index in [0.717, 1.165) is 5.56 Å². The van der Waals surface area contributed by atoms with Gasteiger partial charge in [-0.1, -0.05) is 42.5 Å². The highest BCUT2D eigenvalue weighted by molar-refractivity contribution is 7.13. The Kier molecular flexibility index (Phi) is 7.54. The summed E-state index contributed by atoms with van der Waals surface area (Å²) in [4.78, 5) is 33.1. The van der Waals surface area contributed by atoms with Crippen molar-refractivity contribution in [1.29, 1.82) is 0 Å². The summed E-state index contributed by atoms with van der Waals surface area (Å²) in [5.41, 5.74) is 2.86. The van der Waals surface area contributed by atoms with E-state index in [-0.39, 0.29) is 31.2 Å². The molecule has 2 heterocycles. The first-order chi connectivity index (χ1) is 16.0. The van der Waals surface area contributed by atoms with Gasteiger partial charge in [0.1, 0.15) is 22.4 Å². The van der Waals surface area contributed by atoms with Gasteiger partial charge in [-0.3, -0.25) is 9.59 Å². The van der Waals surface area contributed by atoms with Gasteiger partial charge in [0.2, 0.25) is 5.91 Å². The minimum absolute atomic E-state index is 0.0186. The SMILES string of the molecule is O=C(Cc1nc(COC(=O)Cc2csc(-c3cccc(F)c3)n2)cs1)NCc1ccccc1. The molecule has 0 unspecified atom stereocenters. The summed E-state index contributed by atoms with van der Waals surface area (Å²) >= 11 is 2.70. The number of ether oxygens (including phenoxy) is 1. The summed E-state index contributed by atoms with van der Waals surface area (Å²) < 4.78 is 18.7. The summed E-state index contributed by atoms with van der Waals surface area (Å²) in [6.07, 6.45) is 0.192. The molecule has 0 fully saturated rings. The lowest BCUT2D eigenvalue weighted by Gasteiger charge is -2.04. The number of esters is 1. The Hall–Kier alpha value is -3.43. The number of benzene rings is 2. The van der Waals surface area contributed by atoms with Crippen molar-refractivity contribution in [3.63, 3.8) is 0 Å². The van der Waals surface area contributed by atoms with Gasteiger partial charge in [-0.15, -0.1) is 22.7 Å². The fourth-order valence-corrected chi connectivity index (χ4v) is 4.58. The third-order valence-corrected chi connectivity index (χ3v) is 6.41. The predicted octanol–water partition coefficient (Wildman–Crippen LogP) is 4.55. The summed E-state index contributed by atoms with van der Waals surface area (Å²) in [5, 5.41) is 7.71. The maximum absolute atomic E-state index is 13.4. The van der Waals surface area contributed by atoms with E-state index < -0.39 is 5.97 Å². The highest BCUT2D eigenvalue weighted by atomic mass is 32.1. The molecule has 0 atom stereocenters. The zero-order valence-electron chi connectivity index (χ0n) is 17.5. The number of halogens is 1. The summed E-state index contributed by atoms with van der Waals surface area (Å²) in [5.74, 6) is -0.879. The maximum atomic E-state index is 13.4. The molecule has 0 radical (unpaired) electrons. The Labute approximate surface area is 198 Å². The van der Waals surface area contributed by atoms with E-state index >= 15 is 0 Å². The van der Waals surface area contributed by atoms with Gasteiger partial charge in [-0.2, -0.15) is 0 Å². The molecule has 6 nitrogen and oxygen atoms in total. The van der Waals surface area contributed by atoms with E-state index in [0.29, 0.717) is 33.5 Å². The number of hydrogen-bond acceptors (Lipinski definition) is 7. The van der Waals surface area contributed by atoms with Crippen LogP contribution in [0.25, 0.3) is 10.6 Å². The molecule has 2 aromatic carbocycles. The van der Waals surface area contributed by atoms with Crippen LogP contribution >= 0.6 is 22.7 Å². The number of carbonyl (C=O) groups is 2. The van der Waals surface area contributed by atoms with Crippen LogP contribution in [-0.2, 0) is 40.3 Å². The molecule has 2 aromatic heterocycles. The number of nitrogens with one attached hydrogen (secondary N) is 1. The van der Waals surface area contributed by atoms with Crippen LogP contribution in [0.15, 0.2) is 65.4 Å². The van der Waals surface area contributed by atoms with Crippen molar-refractivity contribution in [3.05, 3.63) is 93.1 Å². The maximum Gasteiger partial charge on any atom is 0.312 e. The molecule has 33 heavy (non-hydrogen) atoms. The average Bonchev–Trinajstić information content (AvgIpc) is 3.47. The molecular formula is C24H20FN3O3S2. The number of rotatable bonds is 9. The lowest BCUT2D eigenvalue weighted by atomic mass is 10.2. The molecule has 1 amide bonds. The molecule has 4 rings (SSSR count). The third-order valence-electron chi connectivity index (χ3n) is 4.57. The number of thiazole rings is 2. The van der Waals surface area contributed by atoms with Gasteiger partial charge in [-0.05, 0) is 17.7 Å². The Bertz CT molecular complexity index is 1240. The first-order valence-electron chi connectivity index (χ1n) is 10.1. The van der Waals surface area contributed by atoms with Gasteiger partial charge in [0.15, 0.2) is 0 Å². The Morgan fingerprint density at radius 1 is 0.939 bits per heavy atom. The van der Waals surface area contributed by atoms with Crippen molar-refractivity contribution in [2.75, 3.05) is 0 Å². The number of nitrogens with zero attached hydrogens (tertiary/aromatic N) is 2. The summed E-state index contributed by atoms with van der Waals surface area (Å²) in [7, 11) is 0. The average molecular weight is 482 g/mol. The van der Waals surface area contributed by atoms with E-state index in [1.54, 1.807) is 22.9 Å². The molecule has 1 N–H and O–H groups in total. The van der Waals surface area contributed by atoms with Gasteiger partial charge in [0.05, 0.1) is 24.2 Å². The van der Waals surface area contributed by atoms with Crippen molar-refractivity contribution < 1.29 is 18.7 Å². The molecular weight excluding hydrogens is 461 g/mol. The molecule has 0 bridgehead atoms. The third kappa shape index (κ3) is 6.77. The lowest BCUT2D eigenvalue weighted by molar-refractivity contribution is -0.144. The van der Waals surface area contributed by atoms with Crippen molar-refractivity contribution in [1.82, 2.24) is 15.3 Å². The van der Waals surface area contributed by atoms with Crippen LogP contribution in [0.4, 0.5) is 4.39 Å². The van der Waals surface area contributed by atoms with Crippen molar-refractivity contribution in [3.8, 4) is 10.6 Å². The Morgan fingerprint density at radius 2 is 1.76 bits per heavy atom. The minimum atomic E-state index is -0.429. The highest BCUT2D eigenvalue weighted by Gasteiger charge is 2.13. The first-order valence-corrected chi connectivity index (χ1v) is 11.9. The second-order valence-electron chi connectivity index (χ2n) is 7.16. The number of hydrogen-bond donors (Lipinski definition) is 1. The van der Waals surface area contributed by atoms with Crippen LogP contribution in [0.1, 0.15) is 22.0 Å². The van der Waals surface area contributed by atoms with Gasteiger partial charge >= 0.3 is 5.97 Å². The van der Waals surface area contributed by atoms with Crippen molar-refractivity contribution in [2.24, 2.45) is 0 Å². The Balaban J connectivity index is 1.22. The van der Waals surface area contributed by atoms with E-state index in [1.165, 1.54) is 34.8 Å². The number of aromatic nitrogens is 2. The number of amides is 1. The van der Waals surface area contributed by atoms with E-state index in [9.17, 15) is 14.0 Å². The quantitative estimate of drug-likeness (QED) is 0.355.